The van der Waals surface area contributed by atoms with Crippen LogP contribution in [-0.4, -0.2) is 25.2 Å². The molecule has 20 heavy (non-hydrogen) atoms. The molecule has 0 aromatic carbocycles. The average Bonchev–Trinajstić information content (AvgIpc) is 2.37. The molecule has 116 valence electrons. The van der Waals surface area contributed by atoms with Crippen LogP contribution in [-0.2, 0) is 19.1 Å². The summed E-state index contributed by atoms with van der Waals surface area (Å²) < 4.78 is 10.3. The van der Waals surface area contributed by atoms with Gasteiger partial charge in [-0.25, -0.2) is 9.59 Å². The summed E-state index contributed by atoms with van der Waals surface area (Å²) in [5, 5.41) is 0. The first-order valence-corrected chi connectivity index (χ1v) is 7.27. The second-order valence-corrected chi connectivity index (χ2v) is 6.11. The van der Waals surface area contributed by atoms with Crippen molar-refractivity contribution in [1.29, 1.82) is 0 Å². The van der Waals surface area contributed by atoms with Crippen molar-refractivity contribution in [1.82, 2.24) is 0 Å². The van der Waals surface area contributed by atoms with Crippen molar-refractivity contribution in [3.05, 3.63) is 11.1 Å². The van der Waals surface area contributed by atoms with E-state index in [2.05, 4.69) is 0 Å². The molecular weight excluding hydrogens is 256 g/mol. The van der Waals surface area contributed by atoms with Crippen LogP contribution in [0.4, 0.5) is 0 Å². The lowest BCUT2D eigenvalue weighted by Crippen LogP contribution is -2.20. The normalized spacial score (nSPS) is 12.7. The molecule has 0 aliphatic carbocycles. The Morgan fingerprint density at radius 2 is 1.35 bits per heavy atom. The highest BCUT2D eigenvalue weighted by Gasteiger charge is 2.25. The van der Waals surface area contributed by atoms with Crippen molar-refractivity contribution in [2.75, 3.05) is 13.2 Å². The summed E-state index contributed by atoms with van der Waals surface area (Å²) in [6.45, 7) is 12.3. The highest BCUT2D eigenvalue weighted by molar-refractivity contribution is 6.00. The predicted octanol–water partition coefficient (Wildman–Crippen LogP) is 3.65. The molecule has 0 N–H and O–H groups in total. The van der Waals surface area contributed by atoms with Crippen LogP contribution in [0, 0.1) is 5.41 Å². The van der Waals surface area contributed by atoms with Gasteiger partial charge in [0.15, 0.2) is 0 Å². The molecule has 0 bridgehead atoms. The standard InChI is InChI=1S/C16H28O4/c1-7-9-19-14(17)12(3)13(11-16(4,5)6)15(18)20-10-8-2/h7-11H2,1-6H3/b13-12-. The minimum Gasteiger partial charge on any atom is -0.462 e. The molecule has 0 aliphatic rings. The molecule has 4 heteroatoms. The van der Waals surface area contributed by atoms with Gasteiger partial charge in [0.25, 0.3) is 0 Å². The molecule has 0 aromatic rings. The summed E-state index contributed by atoms with van der Waals surface area (Å²) in [5.41, 5.74) is 0.675. The largest absolute Gasteiger partial charge is 0.462 e. The molecule has 0 atom stereocenters. The van der Waals surface area contributed by atoms with Crippen molar-refractivity contribution in [3.8, 4) is 0 Å². The molecule has 0 heterocycles. The van der Waals surface area contributed by atoms with Gasteiger partial charge in [0.2, 0.25) is 0 Å². The van der Waals surface area contributed by atoms with E-state index in [1.807, 2.05) is 34.6 Å². The summed E-state index contributed by atoms with van der Waals surface area (Å²) in [7, 11) is 0. The van der Waals surface area contributed by atoms with E-state index in [0.717, 1.165) is 12.8 Å². The molecule has 0 aliphatic heterocycles. The van der Waals surface area contributed by atoms with E-state index in [0.29, 0.717) is 30.8 Å². The summed E-state index contributed by atoms with van der Waals surface area (Å²) in [4.78, 5) is 24.0. The van der Waals surface area contributed by atoms with E-state index in [9.17, 15) is 9.59 Å². The lowest BCUT2D eigenvalue weighted by Gasteiger charge is -2.21. The van der Waals surface area contributed by atoms with Gasteiger partial charge >= 0.3 is 11.9 Å². The smallest absolute Gasteiger partial charge is 0.334 e. The molecule has 0 spiro atoms. The van der Waals surface area contributed by atoms with Crippen molar-refractivity contribution in [3.63, 3.8) is 0 Å². The van der Waals surface area contributed by atoms with Gasteiger partial charge in [-0.3, -0.25) is 0 Å². The average molecular weight is 284 g/mol. The molecule has 0 amide bonds. The lowest BCUT2D eigenvalue weighted by atomic mass is 9.86. The fourth-order valence-corrected chi connectivity index (χ4v) is 1.60. The van der Waals surface area contributed by atoms with Gasteiger partial charge in [0.1, 0.15) is 0 Å². The highest BCUT2D eigenvalue weighted by Crippen LogP contribution is 2.27. The first-order valence-electron chi connectivity index (χ1n) is 7.27. The molecule has 0 radical (unpaired) electrons. The van der Waals surface area contributed by atoms with E-state index in [-0.39, 0.29) is 5.41 Å². The van der Waals surface area contributed by atoms with Gasteiger partial charge in [-0.2, -0.15) is 0 Å². The van der Waals surface area contributed by atoms with Crippen LogP contribution in [0.2, 0.25) is 0 Å². The molecule has 0 fully saturated rings. The number of esters is 2. The number of carbonyl (C=O) groups is 2. The molecular formula is C16H28O4. The Bertz CT molecular complexity index is 361. The maximum Gasteiger partial charge on any atom is 0.334 e. The first kappa shape index (κ1) is 18.7. The summed E-state index contributed by atoms with van der Waals surface area (Å²) in [5.74, 6) is -0.840. The van der Waals surface area contributed by atoms with Crippen LogP contribution >= 0.6 is 0 Å². The van der Waals surface area contributed by atoms with E-state index >= 15 is 0 Å². The SMILES string of the molecule is CCCOC(=O)/C(C)=C(/CC(C)(C)C)C(=O)OCCC. The minimum atomic E-state index is -0.431. The Kier molecular flexibility index (Phi) is 8.19. The Labute approximate surface area is 122 Å². The third-order valence-corrected chi connectivity index (χ3v) is 2.59. The van der Waals surface area contributed by atoms with Crippen LogP contribution in [0.15, 0.2) is 11.1 Å². The second-order valence-electron chi connectivity index (χ2n) is 6.11. The lowest BCUT2D eigenvalue weighted by molar-refractivity contribution is -0.142. The van der Waals surface area contributed by atoms with Crippen LogP contribution in [0.5, 0.6) is 0 Å². The predicted molar refractivity (Wildman–Crippen MR) is 79.3 cm³/mol. The van der Waals surface area contributed by atoms with E-state index in [4.69, 9.17) is 9.47 Å². The van der Waals surface area contributed by atoms with Gasteiger partial charge in [0, 0.05) is 11.1 Å². The van der Waals surface area contributed by atoms with Crippen molar-refractivity contribution >= 4 is 11.9 Å². The summed E-state index contributed by atoms with van der Waals surface area (Å²) in [6.07, 6.45) is 2.00. The minimum absolute atomic E-state index is 0.104. The topological polar surface area (TPSA) is 52.6 Å². The molecule has 0 rings (SSSR count). The number of carbonyl (C=O) groups excluding carboxylic acids is 2. The van der Waals surface area contributed by atoms with Gasteiger partial charge in [0.05, 0.1) is 13.2 Å². The fraction of sp³-hybridized carbons (Fsp3) is 0.750. The molecule has 0 aromatic heterocycles. The highest BCUT2D eigenvalue weighted by atomic mass is 16.5. The van der Waals surface area contributed by atoms with Gasteiger partial charge in [-0.05, 0) is 31.6 Å². The van der Waals surface area contributed by atoms with Gasteiger partial charge < -0.3 is 9.47 Å². The molecule has 0 saturated carbocycles. The Morgan fingerprint density at radius 3 is 1.75 bits per heavy atom. The van der Waals surface area contributed by atoms with Crippen LogP contribution < -0.4 is 0 Å². The number of rotatable bonds is 7. The van der Waals surface area contributed by atoms with E-state index < -0.39 is 11.9 Å². The number of ether oxygens (including phenoxy) is 2. The Balaban J connectivity index is 5.16. The van der Waals surface area contributed by atoms with Crippen LogP contribution in [0.1, 0.15) is 60.8 Å². The monoisotopic (exact) mass is 284 g/mol. The maximum atomic E-state index is 12.1. The second kappa shape index (κ2) is 8.77. The molecule has 0 unspecified atom stereocenters. The first-order chi connectivity index (χ1) is 9.22. The van der Waals surface area contributed by atoms with Gasteiger partial charge in [-0.1, -0.05) is 34.6 Å². The Hall–Kier alpha value is -1.32. The van der Waals surface area contributed by atoms with Crippen LogP contribution in [0.3, 0.4) is 0 Å². The van der Waals surface area contributed by atoms with Crippen LogP contribution in [0.25, 0.3) is 0 Å². The zero-order chi connectivity index (χ0) is 15.8. The fourth-order valence-electron chi connectivity index (χ4n) is 1.60. The molecule has 0 saturated heterocycles. The van der Waals surface area contributed by atoms with Crippen molar-refractivity contribution in [2.24, 2.45) is 5.41 Å². The zero-order valence-corrected chi connectivity index (χ0v) is 13.7. The summed E-state index contributed by atoms with van der Waals surface area (Å²) >= 11 is 0. The maximum absolute atomic E-state index is 12.1. The number of hydrogen-bond acceptors (Lipinski definition) is 4. The van der Waals surface area contributed by atoms with E-state index in [1.54, 1.807) is 6.92 Å². The quantitative estimate of drug-likeness (QED) is 0.529. The zero-order valence-electron chi connectivity index (χ0n) is 13.7. The Morgan fingerprint density at radius 1 is 0.900 bits per heavy atom. The molecule has 4 nitrogen and oxygen atoms in total. The van der Waals surface area contributed by atoms with Crippen molar-refractivity contribution in [2.45, 2.75) is 60.8 Å². The van der Waals surface area contributed by atoms with Gasteiger partial charge in [-0.15, -0.1) is 0 Å². The van der Waals surface area contributed by atoms with Crippen molar-refractivity contribution < 1.29 is 19.1 Å². The van der Waals surface area contributed by atoms with E-state index in [1.165, 1.54) is 0 Å². The number of hydrogen-bond donors (Lipinski definition) is 0. The summed E-state index contributed by atoms with van der Waals surface area (Å²) in [6, 6.07) is 0. The third-order valence-electron chi connectivity index (χ3n) is 2.59. The third kappa shape index (κ3) is 7.31.